The summed E-state index contributed by atoms with van der Waals surface area (Å²) in [7, 11) is 0. The van der Waals surface area contributed by atoms with E-state index in [0.717, 1.165) is 11.3 Å². The van der Waals surface area contributed by atoms with Crippen molar-refractivity contribution >= 4 is 17.4 Å². The van der Waals surface area contributed by atoms with Crippen LogP contribution in [0.3, 0.4) is 0 Å². The molecule has 56 valence electrons. The minimum absolute atomic E-state index is 0.744. The Bertz CT molecular complexity index is 296. The number of rotatable bonds is 0. The van der Waals surface area contributed by atoms with Crippen molar-refractivity contribution in [3.63, 3.8) is 0 Å². The van der Waals surface area contributed by atoms with Crippen LogP contribution in [-0.4, -0.2) is 6.26 Å². The Balaban J connectivity index is 2.95. The smallest absolute Gasteiger partial charge is 0.0483 e. The van der Waals surface area contributed by atoms with Gasteiger partial charge >= 0.3 is 0 Å². The maximum Gasteiger partial charge on any atom is 0.0483 e. The van der Waals surface area contributed by atoms with E-state index in [1.165, 1.54) is 11.8 Å². The first kappa shape index (κ1) is 8.03. The fourth-order valence-electron chi connectivity index (χ4n) is 0.717. The summed E-state index contributed by atoms with van der Waals surface area (Å²) in [4.78, 5) is 0. The predicted octanol–water partition coefficient (Wildman–Crippen LogP) is 1.94. The summed E-state index contributed by atoms with van der Waals surface area (Å²) in [6, 6.07) is 7.60. The Morgan fingerprint density at radius 3 is 2.73 bits per heavy atom. The molecule has 0 radical (unpaired) electrons. The Morgan fingerprint density at radius 1 is 1.36 bits per heavy atom. The van der Waals surface area contributed by atoms with E-state index in [-0.39, 0.29) is 0 Å². The molecule has 1 rings (SSSR count). The summed E-state index contributed by atoms with van der Waals surface area (Å²) >= 11 is 1.49. The standard InChI is InChI=1S/C9H9NS/c1-11-7-6-8-4-2-3-5-9(8)10/h2-5H,10H2,1H3. The van der Waals surface area contributed by atoms with Crippen molar-refractivity contribution in [2.24, 2.45) is 0 Å². The SMILES string of the molecule is CSC#Cc1ccccc1N. The highest BCUT2D eigenvalue weighted by Gasteiger charge is 1.89. The molecule has 0 fully saturated rings. The van der Waals surface area contributed by atoms with Crippen molar-refractivity contribution in [2.75, 3.05) is 12.0 Å². The third-order valence-corrected chi connectivity index (χ3v) is 1.55. The van der Waals surface area contributed by atoms with Gasteiger partial charge in [0, 0.05) is 11.3 Å². The highest BCUT2D eigenvalue weighted by atomic mass is 32.2. The summed E-state index contributed by atoms with van der Waals surface area (Å²) < 4.78 is 0. The van der Waals surface area contributed by atoms with E-state index < -0.39 is 0 Å². The van der Waals surface area contributed by atoms with Crippen LogP contribution >= 0.6 is 11.8 Å². The number of anilines is 1. The van der Waals surface area contributed by atoms with Gasteiger partial charge in [-0.25, -0.2) is 0 Å². The molecule has 0 unspecified atom stereocenters. The fourth-order valence-corrected chi connectivity index (χ4v) is 0.929. The zero-order valence-corrected chi connectivity index (χ0v) is 7.11. The molecule has 1 nitrogen and oxygen atoms in total. The largest absolute Gasteiger partial charge is 0.398 e. The van der Waals surface area contributed by atoms with Gasteiger partial charge < -0.3 is 5.73 Å². The molecule has 0 saturated heterocycles. The van der Waals surface area contributed by atoms with Crippen molar-refractivity contribution in [1.29, 1.82) is 0 Å². The Morgan fingerprint density at radius 2 is 2.09 bits per heavy atom. The van der Waals surface area contributed by atoms with Crippen molar-refractivity contribution in [1.82, 2.24) is 0 Å². The molecular formula is C9H9NS. The number of hydrogen-bond donors (Lipinski definition) is 1. The molecule has 0 aliphatic carbocycles. The van der Waals surface area contributed by atoms with E-state index in [0.29, 0.717) is 0 Å². The van der Waals surface area contributed by atoms with E-state index >= 15 is 0 Å². The van der Waals surface area contributed by atoms with Crippen LogP contribution in [0.2, 0.25) is 0 Å². The third kappa shape index (κ3) is 2.21. The molecule has 0 bridgehead atoms. The Labute approximate surface area is 71.0 Å². The minimum atomic E-state index is 0.744. The van der Waals surface area contributed by atoms with Crippen molar-refractivity contribution in [3.05, 3.63) is 29.8 Å². The van der Waals surface area contributed by atoms with Gasteiger partial charge in [0.1, 0.15) is 0 Å². The van der Waals surface area contributed by atoms with E-state index in [4.69, 9.17) is 5.73 Å². The highest BCUT2D eigenvalue weighted by Crippen LogP contribution is 2.08. The summed E-state index contributed by atoms with van der Waals surface area (Å²) in [6.45, 7) is 0. The van der Waals surface area contributed by atoms with Gasteiger partial charge in [-0.15, -0.1) is 0 Å². The van der Waals surface area contributed by atoms with Crippen molar-refractivity contribution < 1.29 is 0 Å². The zero-order chi connectivity index (χ0) is 8.10. The summed E-state index contributed by atoms with van der Waals surface area (Å²) in [5, 5.41) is 2.89. The lowest BCUT2D eigenvalue weighted by atomic mass is 10.2. The van der Waals surface area contributed by atoms with E-state index in [1.807, 2.05) is 30.5 Å². The first-order valence-corrected chi connectivity index (χ1v) is 4.45. The summed E-state index contributed by atoms with van der Waals surface area (Å²) in [5.41, 5.74) is 7.30. The van der Waals surface area contributed by atoms with Crippen LogP contribution < -0.4 is 5.73 Å². The second-order valence-electron chi connectivity index (χ2n) is 2.02. The molecule has 0 spiro atoms. The van der Waals surface area contributed by atoms with Crippen molar-refractivity contribution in [2.45, 2.75) is 0 Å². The molecule has 0 aliphatic heterocycles. The van der Waals surface area contributed by atoms with Crippen LogP contribution in [0.25, 0.3) is 0 Å². The van der Waals surface area contributed by atoms with Crippen LogP contribution in [0, 0.1) is 11.2 Å². The highest BCUT2D eigenvalue weighted by molar-refractivity contribution is 8.03. The molecule has 0 aromatic heterocycles. The molecule has 11 heavy (non-hydrogen) atoms. The zero-order valence-electron chi connectivity index (χ0n) is 6.29. The molecule has 2 N–H and O–H groups in total. The van der Waals surface area contributed by atoms with Crippen LogP contribution in [-0.2, 0) is 0 Å². The van der Waals surface area contributed by atoms with Gasteiger partial charge in [-0.2, -0.15) is 0 Å². The first-order chi connectivity index (χ1) is 5.34. The molecule has 1 aromatic carbocycles. The number of benzene rings is 1. The molecule has 0 heterocycles. The van der Waals surface area contributed by atoms with Crippen LogP contribution in [0.15, 0.2) is 24.3 Å². The van der Waals surface area contributed by atoms with E-state index in [9.17, 15) is 0 Å². The normalized spacial score (nSPS) is 8.45. The van der Waals surface area contributed by atoms with E-state index in [1.54, 1.807) is 0 Å². The van der Waals surface area contributed by atoms with Gasteiger partial charge in [-0.1, -0.05) is 29.8 Å². The predicted molar refractivity (Wildman–Crippen MR) is 51.2 cm³/mol. The van der Waals surface area contributed by atoms with Gasteiger partial charge in [-0.05, 0) is 23.6 Å². The van der Waals surface area contributed by atoms with Crippen LogP contribution in [0.4, 0.5) is 5.69 Å². The maximum absolute atomic E-state index is 5.65. The van der Waals surface area contributed by atoms with Crippen LogP contribution in [0.1, 0.15) is 5.56 Å². The molecular weight excluding hydrogens is 154 g/mol. The fraction of sp³-hybridized carbons (Fsp3) is 0.111. The van der Waals surface area contributed by atoms with Gasteiger partial charge in [-0.3, -0.25) is 0 Å². The lowest BCUT2D eigenvalue weighted by Gasteiger charge is -1.93. The molecule has 0 aliphatic rings. The quantitative estimate of drug-likeness (QED) is 0.467. The average Bonchev–Trinajstić information content (AvgIpc) is 2.03. The third-order valence-electron chi connectivity index (χ3n) is 1.25. The number of nitrogens with two attached hydrogens (primary N) is 1. The number of nitrogen functional groups attached to an aromatic ring is 1. The summed E-state index contributed by atoms with van der Waals surface area (Å²) in [6.07, 6.45) is 1.94. The molecule has 0 saturated carbocycles. The summed E-state index contributed by atoms with van der Waals surface area (Å²) in [5.74, 6) is 2.95. The van der Waals surface area contributed by atoms with Crippen molar-refractivity contribution in [3.8, 4) is 11.2 Å². The van der Waals surface area contributed by atoms with Gasteiger partial charge in [0.2, 0.25) is 0 Å². The topological polar surface area (TPSA) is 26.0 Å². The Kier molecular flexibility index (Phi) is 2.88. The van der Waals surface area contributed by atoms with Crippen LogP contribution in [0.5, 0.6) is 0 Å². The molecule has 2 heteroatoms. The lowest BCUT2D eigenvalue weighted by Crippen LogP contribution is -1.87. The maximum atomic E-state index is 5.65. The molecule has 0 atom stereocenters. The first-order valence-electron chi connectivity index (χ1n) is 3.23. The monoisotopic (exact) mass is 163 g/mol. The number of thioether (sulfide) groups is 1. The second-order valence-corrected chi connectivity index (χ2v) is 2.63. The average molecular weight is 163 g/mol. The number of para-hydroxylation sites is 1. The lowest BCUT2D eigenvalue weighted by molar-refractivity contribution is 1.63. The van der Waals surface area contributed by atoms with Gasteiger partial charge in [0.05, 0.1) is 0 Å². The molecule has 0 amide bonds. The number of hydrogen-bond acceptors (Lipinski definition) is 2. The van der Waals surface area contributed by atoms with Gasteiger partial charge in [0.15, 0.2) is 0 Å². The Hall–Kier alpha value is -1.07. The minimum Gasteiger partial charge on any atom is -0.398 e. The molecule has 1 aromatic rings. The van der Waals surface area contributed by atoms with Gasteiger partial charge in [0.25, 0.3) is 0 Å². The second kappa shape index (κ2) is 3.95. The van der Waals surface area contributed by atoms with E-state index in [2.05, 4.69) is 11.2 Å².